The summed E-state index contributed by atoms with van der Waals surface area (Å²) in [6.45, 7) is 5.01. The highest BCUT2D eigenvalue weighted by Gasteiger charge is 2.23. The second-order valence-corrected chi connectivity index (χ2v) is 5.74. The highest BCUT2D eigenvalue weighted by molar-refractivity contribution is 7.89. The van der Waals surface area contributed by atoms with Gasteiger partial charge < -0.3 is 10.1 Å². The van der Waals surface area contributed by atoms with E-state index in [4.69, 9.17) is 0 Å². The first-order valence-electron chi connectivity index (χ1n) is 5.00. The number of nitrogens with one attached hydrogen (secondary N) is 2. The first kappa shape index (κ1) is 13.1. The van der Waals surface area contributed by atoms with Gasteiger partial charge in [0, 0.05) is 6.54 Å². The lowest BCUT2D eigenvalue weighted by Gasteiger charge is -2.21. The predicted molar refractivity (Wildman–Crippen MR) is 59.4 cm³/mol. The molecule has 0 saturated heterocycles. The summed E-state index contributed by atoms with van der Waals surface area (Å²) in [7, 11) is -3.61. The van der Waals surface area contributed by atoms with E-state index in [1.165, 1.54) is 6.20 Å². The summed E-state index contributed by atoms with van der Waals surface area (Å²) in [6, 6.07) is 0. The molecule has 1 unspecified atom stereocenters. The Balaban J connectivity index is 2.74. The van der Waals surface area contributed by atoms with Crippen LogP contribution in [0.4, 0.5) is 0 Å². The fraction of sp³-hybridized carbons (Fsp3) is 0.667. The molecule has 1 rings (SSSR count). The zero-order chi connectivity index (χ0) is 12.4. The van der Waals surface area contributed by atoms with Crippen LogP contribution in [0.3, 0.4) is 0 Å². The minimum absolute atomic E-state index is 0.0110. The minimum atomic E-state index is -3.61. The first-order chi connectivity index (χ1) is 7.27. The van der Waals surface area contributed by atoms with Gasteiger partial charge in [-0.15, -0.1) is 0 Å². The third kappa shape index (κ3) is 3.29. The van der Waals surface area contributed by atoms with Crippen LogP contribution in [0.5, 0.6) is 0 Å². The van der Waals surface area contributed by atoms with E-state index in [0.29, 0.717) is 12.2 Å². The van der Waals surface area contributed by atoms with Gasteiger partial charge in [-0.2, -0.15) is 0 Å². The van der Waals surface area contributed by atoms with Gasteiger partial charge in [0.1, 0.15) is 5.82 Å². The SMILES string of the molecule is CCC(C)(O)CNS(=O)(=O)c1cnc(C)[nH]1. The van der Waals surface area contributed by atoms with Gasteiger partial charge in [0.25, 0.3) is 10.0 Å². The van der Waals surface area contributed by atoms with Gasteiger partial charge >= 0.3 is 0 Å². The smallest absolute Gasteiger partial charge is 0.257 e. The number of H-pyrrole nitrogens is 1. The third-order valence-corrected chi connectivity index (χ3v) is 3.68. The fourth-order valence-corrected chi connectivity index (χ4v) is 2.12. The van der Waals surface area contributed by atoms with Crippen molar-refractivity contribution >= 4 is 10.0 Å². The maximum absolute atomic E-state index is 11.7. The van der Waals surface area contributed by atoms with Crippen molar-refractivity contribution in [3.8, 4) is 0 Å². The number of hydrogen-bond acceptors (Lipinski definition) is 4. The Morgan fingerprint density at radius 2 is 2.25 bits per heavy atom. The fourth-order valence-electron chi connectivity index (χ4n) is 0.988. The lowest BCUT2D eigenvalue weighted by molar-refractivity contribution is 0.0613. The van der Waals surface area contributed by atoms with Crippen molar-refractivity contribution in [2.45, 2.75) is 37.8 Å². The molecule has 1 aromatic heterocycles. The Morgan fingerprint density at radius 1 is 1.62 bits per heavy atom. The Labute approximate surface area is 95.2 Å². The summed E-state index contributed by atoms with van der Waals surface area (Å²) in [6.07, 6.45) is 1.72. The predicted octanol–water partition coefficient (Wildman–Crippen LogP) is 0.157. The number of rotatable bonds is 5. The van der Waals surface area contributed by atoms with Gasteiger partial charge in [-0.3, -0.25) is 0 Å². The molecular formula is C9H17N3O3S. The van der Waals surface area contributed by atoms with Crippen molar-refractivity contribution < 1.29 is 13.5 Å². The van der Waals surface area contributed by atoms with Crippen LogP contribution in [-0.2, 0) is 10.0 Å². The van der Waals surface area contributed by atoms with Crippen LogP contribution >= 0.6 is 0 Å². The molecule has 0 bridgehead atoms. The van der Waals surface area contributed by atoms with E-state index in [9.17, 15) is 13.5 Å². The lowest BCUT2D eigenvalue weighted by Crippen LogP contribution is -2.40. The zero-order valence-electron chi connectivity index (χ0n) is 9.61. The van der Waals surface area contributed by atoms with Crippen LogP contribution in [0, 0.1) is 6.92 Å². The second-order valence-electron chi connectivity index (χ2n) is 4.01. The topological polar surface area (TPSA) is 95.1 Å². The normalized spacial score (nSPS) is 16.0. The maximum atomic E-state index is 11.7. The van der Waals surface area contributed by atoms with Crippen molar-refractivity contribution in [1.82, 2.24) is 14.7 Å². The summed E-state index contributed by atoms with van der Waals surface area (Å²) in [4.78, 5) is 6.44. The molecule has 6 nitrogen and oxygen atoms in total. The van der Waals surface area contributed by atoms with E-state index in [2.05, 4.69) is 14.7 Å². The molecule has 0 aliphatic carbocycles. The highest BCUT2D eigenvalue weighted by Crippen LogP contribution is 2.09. The molecule has 1 heterocycles. The molecule has 16 heavy (non-hydrogen) atoms. The van der Waals surface area contributed by atoms with Crippen LogP contribution in [0.1, 0.15) is 26.1 Å². The summed E-state index contributed by atoms with van der Waals surface area (Å²) in [5.74, 6) is 0.530. The van der Waals surface area contributed by atoms with Gasteiger partial charge in [0.2, 0.25) is 0 Å². The zero-order valence-corrected chi connectivity index (χ0v) is 10.4. The standard InChI is InChI=1S/C9H17N3O3S/c1-4-9(3,13)6-11-16(14,15)8-5-10-7(2)12-8/h5,11,13H,4,6H2,1-3H3,(H,10,12). The van der Waals surface area contributed by atoms with E-state index >= 15 is 0 Å². The Morgan fingerprint density at radius 3 is 2.69 bits per heavy atom. The number of sulfonamides is 1. The number of nitrogens with zero attached hydrogens (tertiary/aromatic N) is 1. The molecular weight excluding hydrogens is 230 g/mol. The van der Waals surface area contributed by atoms with Gasteiger partial charge in [0.15, 0.2) is 5.03 Å². The molecule has 0 fully saturated rings. The Kier molecular flexibility index (Phi) is 3.72. The number of aliphatic hydroxyl groups is 1. The van der Waals surface area contributed by atoms with Crippen molar-refractivity contribution in [1.29, 1.82) is 0 Å². The van der Waals surface area contributed by atoms with Crippen molar-refractivity contribution in [3.05, 3.63) is 12.0 Å². The molecule has 0 aliphatic rings. The number of imidazole rings is 1. The van der Waals surface area contributed by atoms with E-state index in [1.54, 1.807) is 20.8 Å². The molecule has 0 saturated carbocycles. The summed E-state index contributed by atoms with van der Waals surface area (Å²) >= 11 is 0. The van der Waals surface area contributed by atoms with E-state index < -0.39 is 15.6 Å². The monoisotopic (exact) mass is 247 g/mol. The van der Waals surface area contributed by atoms with E-state index in [1.807, 2.05) is 0 Å². The molecule has 1 aromatic rings. The van der Waals surface area contributed by atoms with Crippen molar-refractivity contribution in [3.63, 3.8) is 0 Å². The van der Waals surface area contributed by atoms with Gasteiger partial charge in [-0.25, -0.2) is 18.1 Å². The van der Waals surface area contributed by atoms with Crippen molar-refractivity contribution in [2.24, 2.45) is 0 Å². The highest BCUT2D eigenvalue weighted by atomic mass is 32.2. The Hall–Kier alpha value is -0.920. The minimum Gasteiger partial charge on any atom is -0.389 e. The van der Waals surface area contributed by atoms with Crippen LogP contribution in [0.2, 0.25) is 0 Å². The van der Waals surface area contributed by atoms with Crippen molar-refractivity contribution in [2.75, 3.05) is 6.54 Å². The molecule has 3 N–H and O–H groups in total. The number of aromatic nitrogens is 2. The molecule has 0 aliphatic heterocycles. The third-order valence-electron chi connectivity index (χ3n) is 2.37. The number of aromatic amines is 1. The summed E-state index contributed by atoms with van der Waals surface area (Å²) in [5.41, 5.74) is -1.04. The van der Waals surface area contributed by atoms with Gasteiger partial charge in [-0.1, -0.05) is 6.92 Å². The Bertz CT molecular complexity index is 450. The molecule has 0 aromatic carbocycles. The van der Waals surface area contributed by atoms with Crippen LogP contribution in [0.25, 0.3) is 0 Å². The average molecular weight is 247 g/mol. The van der Waals surface area contributed by atoms with Crippen LogP contribution in [0.15, 0.2) is 11.2 Å². The quantitative estimate of drug-likeness (QED) is 0.690. The largest absolute Gasteiger partial charge is 0.389 e. The molecule has 1 atom stereocenters. The molecule has 0 radical (unpaired) electrons. The van der Waals surface area contributed by atoms with Gasteiger partial charge in [-0.05, 0) is 20.3 Å². The summed E-state index contributed by atoms with van der Waals surface area (Å²) < 4.78 is 25.8. The van der Waals surface area contributed by atoms with E-state index in [-0.39, 0.29) is 11.6 Å². The second kappa shape index (κ2) is 4.52. The summed E-state index contributed by atoms with van der Waals surface area (Å²) in [5, 5.41) is 9.70. The first-order valence-corrected chi connectivity index (χ1v) is 6.49. The molecule has 7 heteroatoms. The maximum Gasteiger partial charge on any atom is 0.257 e. The molecule has 0 amide bonds. The van der Waals surface area contributed by atoms with Gasteiger partial charge in [0.05, 0.1) is 11.8 Å². The van der Waals surface area contributed by atoms with Crippen LogP contribution < -0.4 is 4.72 Å². The number of hydrogen-bond donors (Lipinski definition) is 3. The van der Waals surface area contributed by atoms with E-state index in [0.717, 1.165) is 0 Å². The molecule has 92 valence electrons. The lowest BCUT2D eigenvalue weighted by atomic mass is 10.1. The molecule has 0 spiro atoms. The number of aryl methyl sites for hydroxylation is 1. The van der Waals surface area contributed by atoms with Crippen LogP contribution in [-0.4, -0.2) is 35.6 Å². The average Bonchev–Trinajstić information content (AvgIpc) is 2.63.